The Morgan fingerprint density at radius 2 is 0.825 bits per heavy atom. The van der Waals surface area contributed by atoms with E-state index in [0.29, 0.717) is 0 Å². The van der Waals surface area contributed by atoms with Gasteiger partial charge in [0.15, 0.2) is 0 Å². The van der Waals surface area contributed by atoms with Crippen LogP contribution in [0.25, 0.3) is 49.7 Å². The molecule has 10 rings (SSSR count). The topological polar surface area (TPSA) is 24.3 Å². The van der Waals surface area contributed by atoms with Crippen LogP contribution >= 0.6 is 0 Å². The van der Waals surface area contributed by atoms with E-state index in [9.17, 15) is 0 Å². The number of benzene rings is 8. The number of hydrogen-bond donors (Lipinski definition) is 0. The molecule has 4 nitrogen and oxygen atoms in total. The second-order valence-corrected chi connectivity index (χ2v) is 14.1. The molecule has 4 heteroatoms. The van der Waals surface area contributed by atoms with Gasteiger partial charge in [0.05, 0.1) is 22.9 Å². The van der Waals surface area contributed by atoms with Crippen molar-refractivity contribution in [3.05, 3.63) is 231 Å². The first kappa shape index (κ1) is 33.8. The lowest BCUT2D eigenvalue weighted by molar-refractivity contribution is 1.18. The van der Waals surface area contributed by atoms with Crippen molar-refractivity contribution in [2.45, 2.75) is 0 Å². The van der Waals surface area contributed by atoms with Crippen LogP contribution in [0, 0.1) is 0 Å². The van der Waals surface area contributed by atoms with Crippen LogP contribution in [0.1, 0.15) is 0 Å². The molecule has 0 atom stereocenters. The van der Waals surface area contributed by atoms with Crippen LogP contribution in [-0.4, -0.2) is 9.55 Å². The summed E-state index contributed by atoms with van der Waals surface area (Å²) in [7, 11) is 0. The minimum atomic E-state index is 0.985. The van der Waals surface area contributed by atoms with E-state index in [-0.39, 0.29) is 0 Å². The Kier molecular flexibility index (Phi) is 8.82. The first-order valence-electron chi connectivity index (χ1n) is 19.3. The van der Waals surface area contributed by atoms with Crippen LogP contribution in [0.3, 0.4) is 0 Å². The second-order valence-electron chi connectivity index (χ2n) is 14.1. The first-order valence-corrected chi connectivity index (χ1v) is 19.3. The highest BCUT2D eigenvalue weighted by Gasteiger charge is 2.19. The zero-order valence-corrected chi connectivity index (χ0v) is 31.2. The van der Waals surface area contributed by atoms with Crippen LogP contribution in [0.15, 0.2) is 231 Å². The molecule has 0 saturated heterocycles. The number of rotatable bonds is 9. The van der Waals surface area contributed by atoms with Crippen molar-refractivity contribution in [3.63, 3.8) is 0 Å². The van der Waals surface area contributed by atoms with E-state index < -0.39 is 0 Å². The Bertz CT molecular complexity index is 2940. The van der Waals surface area contributed by atoms with Gasteiger partial charge in [-0.05, 0) is 113 Å². The fourth-order valence-corrected chi connectivity index (χ4v) is 7.99. The molecule has 0 aliphatic rings. The lowest BCUT2D eigenvalue weighted by Crippen LogP contribution is -2.13. The normalized spacial score (nSPS) is 11.2. The maximum atomic E-state index is 4.52. The zero-order chi connectivity index (χ0) is 38.0. The maximum Gasteiger partial charge on any atom is 0.0644 e. The number of fused-ring (bicyclic) bond motifs is 3. The lowest BCUT2D eigenvalue weighted by atomic mass is 10.0. The van der Waals surface area contributed by atoms with Gasteiger partial charge < -0.3 is 14.4 Å². The third-order valence-electron chi connectivity index (χ3n) is 10.6. The molecule has 270 valence electrons. The Balaban J connectivity index is 1.05. The molecule has 0 amide bonds. The van der Waals surface area contributed by atoms with Gasteiger partial charge in [-0.15, -0.1) is 0 Å². The van der Waals surface area contributed by atoms with Crippen molar-refractivity contribution in [1.29, 1.82) is 0 Å². The van der Waals surface area contributed by atoms with Gasteiger partial charge in [0.25, 0.3) is 0 Å². The summed E-state index contributed by atoms with van der Waals surface area (Å²) >= 11 is 0. The standard InChI is InChI=1S/C53H38N4/c1-4-15-39(16-5-1)41-17-12-22-46(35-41)56(49-25-14-34-54-38-49)48-24-13-23-47(37-48)55(43-18-6-2-7-19-43)45-31-28-40(29-32-45)42-30-33-51-50-26-10-11-27-52(50)57(53(51)36-42)44-20-8-3-9-21-44/h1-38H. The third kappa shape index (κ3) is 6.49. The van der Waals surface area contributed by atoms with Crippen molar-refractivity contribution in [2.75, 3.05) is 9.80 Å². The van der Waals surface area contributed by atoms with Gasteiger partial charge in [-0.2, -0.15) is 0 Å². The summed E-state index contributed by atoms with van der Waals surface area (Å²) in [6.07, 6.45) is 3.74. The van der Waals surface area contributed by atoms with Gasteiger partial charge in [-0.25, -0.2) is 0 Å². The van der Waals surface area contributed by atoms with Crippen LogP contribution < -0.4 is 9.80 Å². The van der Waals surface area contributed by atoms with Crippen molar-refractivity contribution in [1.82, 2.24) is 9.55 Å². The molecule has 0 aliphatic carbocycles. The van der Waals surface area contributed by atoms with Crippen molar-refractivity contribution < 1.29 is 0 Å². The molecular weight excluding hydrogens is 693 g/mol. The molecule has 2 heterocycles. The van der Waals surface area contributed by atoms with E-state index in [1.165, 1.54) is 32.9 Å². The van der Waals surface area contributed by atoms with Gasteiger partial charge in [0.2, 0.25) is 0 Å². The number of para-hydroxylation sites is 3. The first-order chi connectivity index (χ1) is 28.3. The number of anilines is 6. The highest BCUT2D eigenvalue weighted by atomic mass is 15.2. The van der Waals surface area contributed by atoms with E-state index in [2.05, 4.69) is 232 Å². The highest BCUT2D eigenvalue weighted by Crippen LogP contribution is 2.42. The number of aromatic nitrogens is 2. The van der Waals surface area contributed by atoms with Gasteiger partial charge >= 0.3 is 0 Å². The third-order valence-corrected chi connectivity index (χ3v) is 10.6. The molecule has 0 aliphatic heterocycles. The summed E-state index contributed by atoms with van der Waals surface area (Å²) in [6.45, 7) is 0. The van der Waals surface area contributed by atoms with Gasteiger partial charge in [-0.1, -0.05) is 127 Å². The number of nitrogens with zero attached hydrogens (tertiary/aromatic N) is 4. The Labute approximate surface area is 332 Å². The van der Waals surface area contributed by atoms with Crippen LogP contribution in [0.4, 0.5) is 34.1 Å². The molecule has 57 heavy (non-hydrogen) atoms. The van der Waals surface area contributed by atoms with Crippen molar-refractivity contribution in [3.8, 4) is 27.9 Å². The highest BCUT2D eigenvalue weighted by molar-refractivity contribution is 6.10. The maximum absolute atomic E-state index is 4.52. The summed E-state index contributed by atoms with van der Waals surface area (Å²) in [5, 5.41) is 2.50. The molecular formula is C53H38N4. The quantitative estimate of drug-likeness (QED) is 0.148. The SMILES string of the molecule is c1ccc(-c2cccc(N(c3cccnc3)c3cccc(N(c4ccccc4)c4ccc(-c5ccc6c7ccccc7n(-c7ccccc7)c6c5)cc4)c3)c2)cc1. The fraction of sp³-hybridized carbons (Fsp3) is 0. The average molecular weight is 731 g/mol. The van der Waals surface area contributed by atoms with Gasteiger partial charge in [0.1, 0.15) is 0 Å². The molecule has 2 aromatic heterocycles. The van der Waals surface area contributed by atoms with Crippen LogP contribution in [0.2, 0.25) is 0 Å². The van der Waals surface area contributed by atoms with E-state index in [1.54, 1.807) is 0 Å². The average Bonchev–Trinajstić information content (AvgIpc) is 3.62. The molecule has 10 aromatic rings. The summed E-state index contributed by atoms with van der Waals surface area (Å²) in [5.74, 6) is 0. The number of pyridine rings is 1. The van der Waals surface area contributed by atoms with Gasteiger partial charge in [0, 0.05) is 51.1 Å². The predicted octanol–water partition coefficient (Wildman–Crippen LogP) is 14.5. The summed E-state index contributed by atoms with van der Waals surface area (Å²) in [4.78, 5) is 9.12. The number of hydrogen-bond acceptors (Lipinski definition) is 3. The summed E-state index contributed by atoms with van der Waals surface area (Å²) in [5.41, 5.74) is 14.5. The lowest BCUT2D eigenvalue weighted by Gasteiger charge is -2.29. The minimum absolute atomic E-state index is 0.985. The van der Waals surface area contributed by atoms with E-state index in [1.807, 2.05) is 18.5 Å². The van der Waals surface area contributed by atoms with E-state index in [4.69, 9.17) is 0 Å². The molecule has 0 radical (unpaired) electrons. The van der Waals surface area contributed by atoms with Crippen molar-refractivity contribution >= 4 is 55.9 Å². The summed E-state index contributed by atoms with van der Waals surface area (Å²) < 4.78 is 2.37. The van der Waals surface area contributed by atoms with Gasteiger partial charge in [-0.3, -0.25) is 4.98 Å². The second kappa shape index (κ2) is 14.9. The molecule has 8 aromatic carbocycles. The Morgan fingerprint density at radius 1 is 0.316 bits per heavy atom. The molecule has 0 saturated carbocycles. The molecule has 0 bridgehead atoms. The molecule has 0 N–H and O–H groups in total. The molecule has 0 fully saturated rings. The fourth-order valence-electron chi connectivity index (χ4n) is 7.99. The Morgan fingerprint density at radius 3 is 1.56 bits per heavy atom. The van der Waals surface area contributed by atoms with Crippen molar-refractivity contribution in [2.24, 2.45) is 0 Å². The minimum Gasteiger partial charge on any atom is -0.310 e. The molecule has 0 spiro atoms. The largest absolute Gasteiger partial charge is 0.310 e. The van der Waals surface area contributed by atoms with Crippen LogP contribution in [0.5, 0.6) is 0 Å². The van der Waals surface area contributed by atoms with E-state index in [0.717, 1.165) is 50.9 Å². The zero-order valence-electron chi connectivity index (χ0n) is 31.2. The van der Waals surface area contributed by atoms with E-state index >= 15 is 0 Å². The van der Waals surface area contributed by atoms with Crippen LogP contribution in [-0.2, 0) is 0 Å². The molecule has 0 unspecified atom stereocenters. The predicted molar refractivity (Wildman–Crippen MR) is 239 cm³/mol. The Hall–Kier alpha value is -7.69. The smallest absolute Gasteiger partial charge is 0.0644 e. The monoisotopic (exact) mass is 730 g/mol. The summed E-state index contributed by atoms with van der Waals surface area (Å²) in [6, 6.07) is 77.8.